The zero-order valence-corrected chi connectivity index (χ0v) is 24.0. The number of hydrogen-bond acceptors (Lipinski definition) is 1. The van der Waals surface area contributed by atoms with Gasteiger partial charge in [-0.05, 0) is 91.5 Å². The van der Waals surface area contributed by atoms with Gasteiger partial charge < -0.3 is 4.90 Å². The highest BCUT2D eigenvalue weighted by Crippen LogP contribution is 2.59. The number of para-hydroxylation sites is 1. The maximum Gasteiger partial charge on any atom is 0.0714 e. The van der Waals surface area contributed by atoms with Crippen molar-refractivity contribution in [2.24, 2.45) is 0 Å². The molecule has 0 atom stereocenters. The summed E-state index contributed by atoms with van der Waals surface area (Å²) in [7, 11) is 0. The molecule has 0 unspecified atom stereocenters. The molecule has 2 aliphatic rings. The van der Waals surface area contributed by atoms with E-state index in [9.17, 15) is 0 Å². The average molecular weight is 550 g/mol. The molecule has 0 saturated carbocycles. The second-order valence-electron chi connectivity index (χ2n) is 12.0. The summed E-state index contributed by atoms with van der Waals surface area (Å²) < 4.78 is 0. The van der Waals surface area contributed by atoms with Crippen LogP contribution in [0.1, 0.15) is 34.2 Å². The van der Waals surface area contributed by atoms with Gasteiger partial charge in [-0.25, -0.2) is 0 Å². The van der Waals surface area contributed by atoms with Gasteiger partial charge in [0, 0.05) is 17.9 Å². The van der Waals surface area contributed by atoms with E-state index in [1.165, 1.54) is 71.9 Å². The lowest BCUT2D eigenvalue weighted by molar-refractivity contribution is 0.756. The van der Waals surface area contributed by atoms with Crippen LogP contribution in [0, 0.1) is 0 Å². The van der Waals surface area contributed by atoms with Gasteiger partial charge in [-0.3, -0.25) is 0 Å². The molecule has 1 nitrogen and oxygen atoms in total. The lowest BCUT2D eigenvalue weighted by atomic mass is 9.67. The zero-order chi connectivity index (χ0) is 28.4. The highest BCUT2D eigenvalue weighted by atomic mass is 15.1. The average Bonchev–Trinajstić information content (AvgIpc) is 3.39. The van der Waals surface area contributed by atoms with Crippen molar-refractivity contribution >= 4 is 32.9 Å². The molecule has 43 heavy (non-hydrogen) atoms. The number of benzene rings is 7. The zero-order valence-electron chi connectivity index (χ0n) is 24.0. The molecule has 7 aromatic carbocycles. The summed E-state index contributed by atoms with van der Waals surface area (Å²) in [4.78, 5) is 2.54. The number of hydrogen-bond donors (Lipinski definition) is 0. The van der Waals surface area contributed by atoms with Gasteiger partial charge in [0.2, 0.25) is 0 Å². The Morgan fingerprint density at radius 3 is 2.02 bits per heavy atom. The van der Waals surface area contributed by atoms with Crippen LogP contribution in [0.3, 0.4) is 0 Å². The molecule has 204 valence electrons. The Morgan fingerprint density at radius 1 is 0.512 bits per heavy atom. The highest BCUT2D eigenvalue weighted by molar-refractivity contribution is 6.14. The first kappa shape index (κ1) is 24.5. The van der Waals surface area contributed by atoms with Crippen molar-refractivity contribution in [2.75, 3.05) is 11.4 Å². The molecular formula is C42H31N. The molecule has 0 amide bonds. The molecule has 0 fully saturated rings. The monoisotopic (exact) mass is 549 g/mol. The maximum absolute atomic E-state index is 2.54. The smallest absolute Gasteiger partial charge is 0.0714 e. The van der Waals surface area contributed by atoms with Crippen molar-refractivity contribution in [1.29, 1.82) is 0 Å². The van der Waals surface area contributed by atoms with Crippen LogP contribution in [0.2, 0.25) is 0 Å². The fraction of sp³-hybridized carbons (Fsp3) is 0.0952. The van der Waals surface area contributed by atoms with Crippen LogP contribution in [-0.4, -0.2) is 6.54 Å². The molecular weight excluding hydrogens is 518 g/mol. The molecule has 7 aromatic rings. The van der Waals surface area contributed by atoms with Gasteiger partial charge in [-0.2, -0.15) is 0 Å². The molecule has 0 saturated heterocycles. The topological polar surface area (TPSA) is 3.24 Å². The largest absolute Gasteiger partial charge is 0.341 e. The molecule has 0 aromatic heterocycles. The number of aryl methyl sites for hydroxylation is 1. The van der Waals surface area contributed by atoms with Crippen molar-refractivity contribution in [3.05, 3.63) is 179 Å². The van der Waals surface area contributed by atoms with E-state index in [1.54, 1.807) is 0 Å². The van der Waals surface area contributed by atoms with Crippen molar-refractivity contribution in [1.82, 2.24) is 0 Å². The maximum atomic E-state index is 2.54. The van der Waals surface area contributed by atoms with Crippen LogP contribution < -0.4 is 4.90 Å². The Balaban J connectivity index is 1.40. The summed E-state index contributed by atoms with van der Waals surface area (Å²) in [6, 6.07) is 56.7. The van der Waals surface area contributed by atoms with E-state index in [1.807, 2.05) is 0 Å². The van der Waals surface area contributed by atoms with Crippen LogP contribution in [-0.2, 0) is 11.8 Å². The first-order chi connectivity index (χ1) is 21.3. The third-order valence-electron chi connectivity index (χ3n) is 9.84. The Bertz CT molecular complexity index is 2120. The van der Waals surface area contributed by atoms with E-state index >= 15 is 0 Å². The standard InChI is InChI=1S/C42H31N/c1-3-15-31(16-4-1)42(32-17-5-2-6-18-32)38-26-25-35-34-19-9-7-12-29(34)21-23-36(35)41(38)37-24-22-33(28-39(37)42)43-27-11-14-30-13-8-10-20-40(30)43/h1-10,12-13,15-26,28H,11,14,27H2. The van der Waals surface area contributed by atoms with Crippen LogP contribution in [0.5, 0.6) is 0 Å². The summed E-state index contributed by atoms with van der Waals surface area (Å²) in [5.74, 6) is 0. The lowest BCUT2D eigenvalue weighted by Crippen LogP contribution is -2.29. The molecule has 1 aliphatic carbocycles. The van der Waals surface area contributed by atoms with Crippen LogP contribution in [0.15, 0.2) is 152 Å². The van der Waals surface area contributed by atoms with E-state index in [4.69, 9.17) is 0 Å². The van der Waals surface area contributed by atoms with Crippen molar-refractivity contribution in [3.8, 4) is 11.1 Å². The predicted octanol–water partition coefficient (Wildman–Crippen LogP) is 10.4. The second kappa shape index (κ2) is 9.44. The molecule has 9 rings (SSSR count). The lowest BCUT2D eigenvalue weighted by Gasteiger charge is -2.36. The van der Waals surface area contributed by atoms with Gasteiger partial charge >= 0.3 is 0 Å². The van der Waals surface area contributed by atoms with Crippen LogP contribution in [0.25, 0.3) is 32.7 Å². The minimum absolute atomic E-state index is 0.432. The minimum atomic E-state index is -0.432. The first-order valence-electron chi connectivity index (χ1n) is 15.4. The number of fused-ring (bicyclic) bond motifs is 8. The van der Waals surface area contributed by atoms with Crippen molar-refractivity contribution in [2.45, 2.75) is 18.3 Å². The molecule has 0 radical (unpaired) electrons. The quantitative estimate of drug-likeness (QED) is 0.198. The molecule has 0 bridgehead atoms. The fourth-order valence-corrected chi connectivity index (χ4v) is 8.03. The SMILES string of the molecule is c1ccc(C2(c3ccccc3)c3cc(N4CCCc5ccccc54)ccc3-c3c2ccc2c3ccc3ccccc32)cc1. The Labute approximate surface area is 252 Å². The number of rotatable bonds is 3. The van der Waals surface area contributed by atoms with Gasteiger partial charge in [-0.15, -0.1) is 0 Å². The first-order valence-corrected chi connectivity index (χ1v) is 15.4. The third kappa shape index (κ3) is 3.46. The van der Waals surface area contributed by atoms with Crippen LogP contribution in [0.4, 0.5) is 11.4 Å². The Kier molecular flexibility index (Phi) is 5.37. The van der Waals surface area contributed by atoms with Gasteiger partial charge in [0.1, 0.15) is 0 Å². The number of anilines is 2. The predicted molar refractivity (Wildman–Crippen MR) is 181 cm³/mol. The molecule has 1 heteroatoms. The molecule has 0 N–H and O–H groups in total. The minimum Gasteiger partial charge on any atom is -0.341 e. The second-order valence-corrected chi connectivity index (χ2v) is 12.0. The summed E-state index contributed by atoms with van der Waals surface area (Å²) in [6.45, 7) is 1.03. The molecule has 1 heterocycles. The Morgan fingerprint density at radius 2 is 1.21 bits per heavy atom. The van der Waals surface area contributed by atoms with E-state index < -0.39 is 5.41 Å². The normalized spacial score (nSPS) is 14.8. The van der Waals surface area contributed by atoms with Gasteiger partial charge in [0.05, 0.1) is 5.41 Å². The molecule has 0 spiro atoms. The summed E-state index contributed by atoms with van der Waals surface area (Å²) in [5.41, 5.74) is 11.6. The van der Waals surface area contributed by atoms with E-state index in [2.05, 4.69) is 157 Å². The van der Waals surface area contributed by atoms with E-state index in [-0.39, 0.29) is 0 Å². The number of nitrogens with zero attached hydrogens (tertiary/aromatic N) is 1. The highest BCUT2D eigenvalue weighted by Gasteiger charge is 2.47. The summed E-state index contributed by atoms with van der Waals surface area (Å²) in [5, 5.41) is 5.23. The van der Waals surface area contributed by atoms with Crippen molar-refractivity contribution in [3.63, 3.8) is 0 Å². The van der Waals surface area contributed by atoms with Gasteiger partial charge in [0.15, 0.2) is 0 Å². The Hall–Kier alpha value is -5.14. The van der Waals surface area contributed by atoms with E-state index in [0.29, 0.717) is 0 Å². The van der Waals surface area contributed by atoms with Crippen molar-refractivity contribution < 1.29 is 0 Å². The van der Waals surface area contributed by atoms with Crippen LogP contribution >= 0.6 is 0 Å². The van der Waals surface area contributed by atoms with E-state index in [0.717, 1.165) is 19.4 Å². The third-order valence-corrected chi connectivity index (χ3v) is 9.84. The fourth-order valence-electron chi connectivity index (χ4n) is 8.03. The van der Waals surface area contributed by atoms with Gasteiger partial charge in [0.25, 0.3) is 0 Å². The summed E-state index contributed by atoms with van der Waals surface area (Å²) in [6.07, 6.45) is 2.30. The molecule has 1 aliphatic heterocycles. The summed E-state index contributed by atoms with van der Waals surface area (Å²) >= 11 is 0. The van der Waals surface area contributed by atoms with Gasteiger partial charge in [-0.1, -0.05) is 133 Å².